The molecule has 0 bridgehead atoms. The molecule has 0 saturated carbocycles. The molecule has 0 aromatic heterocycles. The molecule has 0 aliphatic heterocycles. The number of para-hydroxylation sites is 1. The summed E-state index contributed by atoms with van der Waals surface area (Å²) in [6.45, 7) is 7.25. The van der Waals surface area contributed by atoms with Crippen LogP contribution in [0.15, 0.2) is 42.5 Å². The molecule has 0 aliphatic rings. The van der Waals surface area contributed by atoms with Crippen molar-refractivity contribution in [3.63, 3.8) is 0 Å². The number of carbonyl (C=O) groups excluding carboxylic acids is 2. The van der Waals surface area contributed by atoms with Crippen molar-refractivity contribution in [2.45, 2.75) is 46.7 Å². The SMILES string of the molecule is CC[C@H](C(=O)NC)N(Cc1ccc(C)cc1)C(=O)CN(c1c(C)cccc1C)S(C)(=O)=O. The first-order valence-electron chi connectivity index (χ1n) is 10.6. The fourth-order valence-electron chi connectivity index (χ4n) is 3.75. The molecular formula is C24H33N3O4S. The van der Waals surface area contributed by atoms with E-state index in [1.807, 2.05) is 70.2 Å². The Morgan fingerprint density at radius 1 is 1.00 bits per heavy atom. The molecule has 0 fully saturated rings. The highest BCUT2D eigenvalue weighted by molar-refractivity contribution is 7.92. The number of nitrogens with one attached hydrogen (secondary N) is 1. The number of benzene rings is 2. The molecule has 0 heterocycles. The van der Waals surface area contributed by atoms with E-state index in [-0.39, 0.29) is 19.0 Å². The summed E-state index contributed by atoms with van der Waals surface area (Å²) >= 11 is 0. The topological polar surface area (TPSA) is 86.8 Å². The maximum atomic E-state index is 13.5. The van der Waals surface area contributed by atoms with E-state index in [0.29, 0.717) is 12.1 Å². The lowest BCUT2D eigenvalue weighted by Gasteiger charge is -2.33. The minimum atomic E-state index is -3.74. The van der Waals surface area contributed by atoms with Gasteiger partial charge in [-0.05, 0) is 43.9 Å². The second-order valence-corrected chi connectivity index (χ2v) is 9.96. The van der Waals surface area contributed by atoms with Gasteiger partial charge in [0.15, 0.2) is 0 Å². The Kier molecular flexibility index (Phi) is 8.44. The van der Waals surface area contributed by atoms with Gasteiger partial charge in [-0.2, -0.15) is 0 Å². The number of aryl methyl sites for hydroxylation is 3. The van der Waals surface area contributed by atoms with Gasteiger partial charge in [-0.1, -0.05) is 55.0 Å². The van der Waals surface area contributed by atoms with Crippen LogP contribution in [-0.2, 0) is 26.2 Å². The monoisotopic (exact) mass is 459 g/mol. The quantitative estimate of drug-likeness (QED) is 0.625. The van der Waals surface area contributed by atoms with Gasteiger partial charge in [-0.3, -0.25) is 13.9 Å². The number of hydrogen-bond acceptors (Lipinski definition) is 4. The van der Waals surface area contributed by atoms with Crippen molar-refractivity contribution in [2.24, 2.45) is 0 Å². The molecule has 8 heteroatoms. The first kappa shape index (κ1) is 25.4. The van der Waals surface area contributed by atoms with Crippen LogP contribution in [0.5, 0.6) is 0 Å². The summed E-state index contributed by atoms with van der Waals surface area (Å²) in [5, 5.41) is 2.62. The van der Waals surface area contributed by atoms with Gasteiger partial charge in [0.25, 0.3) is 0 Å². The molecule has 2 amide bonds. The average molecular weight is 460 g/mol. The molecule has 2 aromatic rings. The zero-order chi connectivity index (χ0) is 24.1. The van der Waals surface area contributed by atoms with E-state index in [1.165, 1.54) is 11.9 Å². The lowest BCUT2D eigenvalue weighted by atomic mass is 10.1. The highest BCUT2D eigenvalue weighted by atomic mass is 32.2. The number of rotatable bonds is 9. The van der Waals surface area contributed by atoms with E-state index in [4.69, 9.17) is 0 Å². The number of anilines is 1. The minimum absolute atomic E-state index is 0.204. The van der Waals surface area contributed by atoms with Crippen molar-refractivity contribution in [3.05, 3.63) is 64.7 Å². The number of hydrogen-bond donors (Lipinski definition) is 1. The first-order chi connectivity index (χ1) is 15.0. The number of likely N-dealkylation sites (N-methyl/N-ethyl adjacent to an activating group) is 1. The molecule has 1 atom stereocenters. The van der Waals surface area contributed by atoms with Crippen molar-refractivity contribution < 1.29 is 18.0 Å². The molecule has 0 saturated heterocycles. The van der Waals surface area contributed by atoms with Crippen LogP contribution >= 0.6 is 0 Å². The third-order valence-electron chi connectivity index (χ3n) is 5.47. The maximum Gasteiger partial charge on any atom is 0.244 e. The summed E-state index contributed by atoms with van der Waals surface area (Å²) in [4.78, 5) is 27.6. The third kappa shape index (κ3) is 6.09. The summed E-state index contributed by atoms with van der Waals surface area (Å²) in [5.74, 6) is -0.722. The summed E-state index contributed by atoms with van der Waals surface area (Å²) in [6.07, 6.45) is 1.49. The summed E-state index contributed by atoms with van der Waals surface area (Å²) in [6, 6.07) is 12.5. The highest BCUT2D eigenvalue weighted by Crippen LogP contribution is 2.27. The van der Waals surface area contributed by atoms with Crippen LogP contribution < -0.4 is 9.62 Å². The van der Waals surface area contributed by atoms with Crippen molar-refractivity contribution in [3.8, 4) is 0 Å². The van der Waals surface area contributed by atoms with Crippen LogP contribution in [0.1, 0.15) is 35.6 Å². The molecular weight excluding hydrogens is 426 g/mol. The number of sulfonamides is 1. The normalized spacial score (nSPS) is 12.2. The van der Waals surface area contributed by atoms with Crippen LogP contribution in [-0.4, -0.2) is 51.0 Å². The lowest BCUT2D eigenvalue weighted by molar-refractivity contribution is -0.140. The van der Waals surface area contributed by atoms with Gasteiger partial charge in [0.05, 0.1) is 11.9 Å². The summed E-state index contributed by atoms with van der Waals surface area (Å²) in [5.41, 5.74) is 3.96. The molecule has 174 valence electrons. The molecule has 7 nitrogen and oxygen atoms in total. The Balaban J connectivity index is 2.48. The molecule has 2 aromatic carbocycles. The lowest BCUT2D eigenvalue weighted by Crippen LogP contribution is -2.51. The van der Waals surface area contributed by atoms with E-state index < -0.39 is 22.0 Å². The molecule has 2 rings (SSSR count). The molecule has 0 aliphatic carbocycles. The van der Waals surface area contributed by atoms with E-state index in [2.05, 4.69) is 5.32 Å². The molecule has 32 heavy (non-hydrogen) atoms. The van der Waals surface area contributed by atoms with Crippen LogP contribution in [0, 0.1) is 20.8 Å². The predicted octanol–water partition coefficient (Wildman–Crippen LogP) is 2.93. The molecule has 0 spiro atoms. The van der Waals surface area contributed by atoms with Gasteiger partial charge in [0, 0.05) is 13.6 Å². The van der Waals surface area contributed by atoms with Crippen molar-refractivity contribution >= 4 is 27.5 Å². The second kappa shape index (κ2) is 10.6. The van der Waals surface area contributed by atoms with Crippen LogP contribution in [0.3, 0.4) is 0 Å². The Morgan fingerprint density at radius 2 is 1.56 bits per heavy atom. The first-order valence-corrected chi connectivity index (χ1v) is 12.4. The number of carbonyl (C=O) groups is 2. The van der Waals surface area contributed by atoms with Gasteiger partial charge < -0.3 is 10.2 Å². The molecule has 1 N–H and O–H groups in total. The summed E-state index contributed by atoms with van der Waals surface area (Å²) < 4.78 is 26.5. The summed E-state index contributed by atoms with van der Waals surface area (Å²) in [7, 11) is -2.22. The average Bonchev–Trinajstić information content (AvgIpc) is 2.73. The van der Waals surface area contributed by atoms with E-state index >= 15 is 0 Å². The largest absolute Gasteiger partial charge is 0.357 e. The van der Waals surface area contributed by atoms with E-state index in [9.17, 15) is 18.0 Å². The standard InChI is InChI=1S/C24H33N3O4S/c1-7-21(24(29)25-5)26(15-20-13-11-17(2)12-14-20)22(28)16-27(32(6,30)31)23-18(3)9-8-10-19(23)4/h8-14,21H,7,15-16H2,1-6H3,(H,25,29)/t21-/m1/s1. The van der Waals surface area contributed by atoms with Gasteiger partial charge >= 0.3 is 0 Å². The van der Waals surface area contributed by atoms with E-state index in [1.54, 1.807) is 0 Å². The predicted molar refractivity (Wildman–Crippen MR) is 128 cm³/mol. The van der Waals surface area contributed by atoms with Gasteiger partial charge in [0.2, 0.25) is 21.8 Å². The molecule has 0 unspecified atom stereocenters. The van der Waals surface area contributed by atoms with Gasteiger partial charge in [-0.15, -0.1) is 0 Å². The zero-order valence-corrected chi connectivity index (χ0v) is 20.5. The van der Waals surface area contributed by atoms with Crippen LogP contribution in [0.25, 0.3) is 0 Å². The van der Waals surface area contributed by atoms with Gasteiger partial charge in [-0.25, -0.2) is 8.42 Å². The van der Waals surface area contributed by atoms with Crippen LogP contribution in [0.4, 0.5) is 5.69 Å². The van der Waals surface area contributed by atoms with Gasteiger partial charge in [0.1, 0.15) is 12.6 Å². The third-order valence-corrected chi connectivity index (χ3v) is 6.59. The molecule has 0 radical (unpaired) electrons. The Labute approximate surface area is 191 Å². The maximum absolute atomic E-state index is 13.5. The van der Waals surface area contributed by atoms with E-state index in [0.717, 1.165) is 32.8 Å². The Bertz CT molecular complexity index is 1040. The zero-order valence-electron chi connectivity index (χ0n) is 19.7. The number of amides is 2. The second-order valence-electron chi connectivity index (χ2n) is 8.06. The van der Waals surface area contributed by atoms with Crippen molar-refractivity contribution in [1.29, 1.82) is 0 Å². The Morgan fingerprint density at radius 3 is 2.03 bits per heavy atom. The van der Waals surface area contributed by atoms with Crippen LogP contribution in [0.2, 0.25) is 0 Å². The van der Waals surface area contributed by atoms with Crippen molar-refractivity contribution in [1.82, 2.24) is 10.2 Å². The highest BCUT2D eigenvalue weighted by Gasteiger charge is 2.32. The number of nitrogens with zero attached hydrogens (tertiary/aromatic N) is 2. The smallest absolute Gasteiger partial charge is 0.244 e. The Hall–Kier alpha value is -2.87. The minimum Gasteiger partial charge on any atom is -0.357 e. The fraction of sp³-hybridized carbons (Fsp3) is 0.417. The van der Waals surface area contributed by atoms with Crippen molar-refractivity contribution in [2.75, 3.05) is 24.2 Å². The fourth-order valence-corrected chi connectivity index (χ4v) is 4.72.